The Morgan fingerprint density at radius 3 is 1.69 bits per heavy atom. The normalized spacial score (nSPS) is 11.0. The third-order valence-corrected chi connectivity index (χ3v) is 4.36. The minimum atomic E-state index is -0.178. The van der Waals surface area contributed by atoms with Crippen molar-refractivity contribution in [2.45, 2.75) is 39.3 Å². The summed E-state index contributed by atoms with van der Waals surface area (Å²) in [6.45, 7) is 8.01. The first-order valence-corrected chi connectivity index (χ1v) is 9.66. The van der Waals surface area contributed by atoms with Crippen molar-refractivity contribution in [2.75, 3.05) is 26.2 Å². The van der Waals surface area contributed by atoms with Crippen LogP contribution in [0.2, 0.25) is 0 Å². The van der Waals surface area contributed by atoms with Crippen molar-refractivity contribution in [1.29, 1.82) is 0 Å². The summed E-state index contributed by atoms with van der Waals surface area (Å²) in [4.78, 5) is 0. The Labute approximate surface area is 157 Å². The van der Waals surface area contributed by atoms with E-state index in [9.17, 15) is 4.39 Å². The Hall–Kier alpha value is -1.75. The number of rotatable bonds is 13. The minimum absolute atomic E-state index is 0.178. The quantitative estimate of drug-likeness (QED) is 0.478. The van der Waals surface area contributed by atoms with Crippen LogP contribution in [0, 0.1) is 12.7 Å². The van der Waals surface area contributed by atoms with Gasteiger partial charge in [-0.05, 0) is 75.6 Å². The van der Waals surface area contributed by atoms with Crippen molar-refractivity contribution >= 4 is 0 Å². The largest absolute Gasteiger partial charge is 0.317 e. The molecule has 26 heavy (non-hydrogen) atoms. The molecule has 2 aromatic carbocycles. The van der Waals surface area contributed by atoms with Crippen LogP contribution in [-0.4, -0.2) is 26.2 Å². The highest BCUT2D eigenvalue weighted by atomic mass is 19.1. The van der Waals surface area contributed by atoms with E-state index in [0.717, 1.165) is 51.3 Å². The molecule has 4 heteroatoms. The maximum absolute atomic E-state index is 12.8. The number of nitrogens with one attached hydrogen (secondary N) is 3. The zero-order valence-electron chi connectivity index (χ0n) is 15.9. The second-order valence-electron chi connectivity index (χ2n) is 6.78. The topological polar surface area (TPSA) is 36.1 Å². The van der Waals surface area contributed by atoms with Gasteiger partial charge in [-0.1, -0.05) is 42.0 Å². The fourth-order valence-electron chi connectivity index (χ4n) is 2.74. The second kappa shape index (κ2) is 12.6. The monoisotopic (exact) mass is 357 g/mol. The van der Waals surface area contributed by atoms with Crippen LogP contribution < -0.4 is 16.0 Å². The Bertz CT molecular complexity index is 540. The van der Waals surface area contributed by atoms with Crippen molar-refractivity contribution in [2.24, 2.45) is 0 Å². The number of benzene rings is 2. The van der Waals surface area contributed by atoms with Crippen LogP contribution >= 0.6 is 0 Å². The van der Waals surface area contributed by atoms with Crippen LogP contribution in [0.3, 0.4) is 0 Å². The molecule has 3 nitrogen and oxygen atoms in total. The molecule has 142 valence electrons. The summed E-state index contributed by atoms with van der Waals surface area (Å²) >= 11 is 0. The molecule has 0 bridgehead atoms. The molecule has 0 atom stereocenters. The molecule has 0 aliphatic rings. The van der Waals surface area contributed by atoms with Gasteiger partial charge >= 0.3 is 0 Å². The van der Waals surface area contributed by atoms with E-state index in [2.05, 4.69) is 47.1 Å². The third-order valence-electron chi connectivity index (χ3n) is 4.36. The minimum Gasteiger partial charge on any atom is -0.317 e. The highest BCUT2D eigenvalue weighted by Gasteiger charge is 1.95. The molecular formula is C22H32FN3. The van der Waals surface area contributed by atoms with Crippen LogP contribution in [0.4, 0.5) is 4.39 Å². The molecule has 0 aliphatic carbocycles. The van der Waals surface area contributed by atoms with E-state index < -0.39 is 0 Å². The summed E-state index contributed by atoms with van der Waals surface area (Å²) in [5.41, 5.74) is 3.78. The Balaban J connectivity index is 1.35. The number of hydrogen-bond acceptors (Lipinski definition) is 3. The summed E-state index contributed by atoms with van der Waals surface area (Å²) in [6, 6.07) is 15.4. The highest BCUT2D eigenvalue weighted by Crippen LogP contribution is 2.03. The van der Waals surface area contributed by atoms with Crippen LogP contribution in [0.5, 0.6) is 0 Å². The summed E-state index contributed by atoms with van der Waals surface area (Å²) in [7, 11) is 0. The van der Waals surface area contributed by atoms with Crippen molar-refractivity contribution in [3.05, 3.63) is 71.0 Å². The van der Waals surface area contributed by atoms with Crippen molar-refractivity contribution in [1.82, 2.24) is 16.0 Å². The molecule has 0 fully saturated rings. The summed E-state index contributed by atoms with van der Waals surface area (Å²) in [6.07, 6.45) is 3.50. The molecule has 0 aromatic heterocycles. The van der Waals surface area contributed by atoms with Crippen LogP contribution in [0.25, 0.3) is 0 Å². The average molecular weight is 358 g/mol. The standard InChI is InChI=1S/C22H32FN3/c1-19-5-7-20(8-6-19)17-25-14-3-2-13-24-15-4-16-26-18-21-9-11-22(23)12-10-21/h5-12,24-26H,2-4,13-18H2,1H3. The molecule has 0 amide bonds. The first-order chi connectivity index (χ1) is 12.7. The molecule has 0 aliphatic heterocycles. The average Bonchev–Trinajstić information content (AvgIpc) is 2.65. The van der Waals surface area contributed by atoms with Gasteiger partial charge in [0.25, 0.3) is 0 Å². The van der Waals surface area contributed by atoms with Gasteiger partial charge < -0.3 is 16.0 Å². The molecular weight excluding hydrogens is 325 g/mol. The molecule has 0 saturated carbocycles. The number of hydrogen-bond donors (Lipinski definition) is 3. The molecule has 0 spiro atoms. The second-order valence-corrected chi connectivity index (χ2v) is 6.78. The van der Waals surface area contributed by atoms with E-state index >= 15 is 0 Å². The van der Waals surface area contributed by atoms with Crippen molar-refractivity contribution < 1.29 is 4.39 Å². The number of halogens is 1. The molecule has 0 radical (unpaired) electrons. The summed E-state index contributed by atoms with van der Waals surface area (Å²) < 4.78 is 12.8. The fraction of sp³-hybridized carbons (Fsp3) is 0.455. The van der Waals surface area contributed by atoms with E-state index in [-0.39, 0.29) is 5.82 Å². The van der Waals surface area contributed by atoms with Crippen LogP contribution in [0.1, 0.15) is 36.0 Å². The number of unbranched alkanes of at least 4 members (excludes halogenated alkanes) is 1. The predicted octanol–water partition coefficient (Wildman–Crippen LogP) is 3.77. The van der Waals surface area contributed by atoms with Gasteiger partial charge in [-0.25, -0.2) is 4.39 Å². The van der Waals surface area contributed by atoms with Gasteiger partial charge in [0, 0.05) is 13.1 Å². The molecule has 3 N–H and O–H groups in total. The Morgan fingerprint density at radius 2 is 1.08 bits per heavy atom. The van der Waals surface area contributed by atoms with Crippen molar-refractivity contribution in [3.8, 4) is 0 Å². The lowest BCUT2D eigenvalue weighted by Crippen LogP contribution is -2.23. The Morgan fingerprint density at radius 1 is 0.615 bits per heavy atom. The van der Waals surface area contributed by atoms with Gasteiger partial charge in [0.05, 0.1) is 0 Å². The van der Waals surface area contributed by atoms with Crippen molar-refractivity contribution in [3.63, 3.8) is 0 Å². The lowest BCUT2D eigenvalue weighted by Gasteiger charge is -2.08. The van der Waals surface area contributed by atoms with Gasteiger partial charge in [0.1, 0.15) is 5.82 Å². The van der Waals surface area contributed by atoms with E-state index in [1.54, 1.807) is 0 Å². The molecule has 2 rings (SSSR count). The molecule has 0 heterocycles. The maximum atomic E-state index is 12.8. The fourth-order valence-corrected chi connectivity index (χ4v) is 2.74. The first-order valence-electron chi connectivity index (χ1n) is 9.66. The first kappa shape index (κ1) is 20.6. The van der Waals surface area contributed by atoms with Gasteiger partial charge in [0.2, 0.25) is 0 Å². The van der Waals surface area contributed by atoms with Gasteiger partial charge in [-0.15, -0.1) is 0 Å². The highest BCUT2D eigenvalue weighted by molar-refractivity contribution is 5.21. The zero-order chi connectivity index (χ0) is 18.5. The van der Waals surface area contributed by atoms with E-state index in [1.165, 1.54) is 36.1 Å². The Kier molecular flexibility index (Phi) is 9.95. The van der Waals surface area contributed by atoms with E-state index in [4.69, 9.17) is 0 Å². The maximum Gasteiger partial charge on any atom is 0.123 e. The molecule has 2 aromatic rings. The van der Waals surface area contributed by atoms with Crippen LogP contribution in [0.15, 0.2) is 48.5 Å². The molecule has 0 unspecified atom stereocenters. The van der Waals surface area contributed by atoms with E-state index in [0.29, 0.717) is 0 Å². The summed E-state index contributed by atoms with van der Waals surface area (Å²) in [5, 5.41) is 10.4. The lowest BCUT2D eigenvalue weighted by molar-refractivity contribution is 0.558. The lowest BCUT2D eigenvalue weighted by atomic mass is 10.1. The zero-order valence-corrected chi connectivity index (χ0v) is 15.9. The van der Waals surface area contributed by atoms with Gasteiger partial charge in [-0.2, -0.15) is 0 Å². The van der Waals surface area contributed by atoms with Crippen LogP contribution in [-0.2, 0) is 13.1 Å². The SMILES string of the molecule is Cc1ccc(CNCCCCNCCCNCc2ccc(F)cc2)cc1. The number of aryl methyl sites for hydroxylation is 1. The predicted molar refractivity (Wildman–Crippen MR) is 108 cm³/mol. The smallest absolute Gasteiger partial charge is 0.123 e. The third kappa shape index (κ3) is 9.09. The van der Waals surface area contributed by atoms with Gasteiger partial charge in [-0.3, -0.25) is 0 Å². The summed E-state index contributed by atoms with van der Waals surface area (Å²) in [5.74, 6) is -0.178. The van der Waals surface area contributed by atoms with Gasteiger partial charge in [0.15, 0.2) is 0 Å². The molecule has 0 saturated heterocycles. The van der Waals surface area contributed by atoms with E-state index in [1.807, 2.05) is 12.1 Å².